The third-order valence-electron chi connectivity index (χ3n) is 3.08. The van der Waals surface area contributed by atoms with Gasteiger partial charge in [-0.2, -0.15) is 0 Å². The molecule has 1 aromatic rings. The van der Waals surface area contributed by atoms with Crippen molar-refractivity contribution >= 4 is 11.8 Å². The number of amides is 2. The molecule has 0 saturated carbocycles. The topological polar surface area (TPSA) is 67.4 Å². The molecule has 0 heterocycles. The number of methoxy groups -OCH3 is 1. The predicted molar refractivity (Wildman–Crippen MR) is 81.4 cm³/mol. The third kappa shape index (κ3) is 5.95. The lowest BCUT2D eigenvalue weighted by atomic mass is 10.0. The minimum atomic E-state index is -0.510. The molecular weight excluding hydrogens is 268 g/mol. The zero-order chi connectivity index (χ0) is 15.8. The number of hydrogen-bond donors (Lipinski definition) is 2. The van der Waals surface area contributed by atoms with E-state index in [1.165, 1.54) is 6.92 Å². The second-order valence-corrected chi connectivity index (χ2v) is 5.39. The number of hydrogen-bond acceptors (Lipinski definition) is 3. The number of rotatable bonds is 7. The third-order valence-corrected chi connectivity index (χ3v) is 3.08. The Labute approximate surface area is 126 Å². The fraction of sp³-hybridized carbons (Fsp3) is 0.500. The van der Waals surface area contributed by atoms with Gasteiger partial charge in [0.2, 0.25) is 11.8 Å². The molecule has 21 heavy (non-hydrogen) atoms. The Bertz CT molecular complexity index is 486. The van der Waals surface area contributed by atoms with Crippen LogP contribution in [-0.4, -0.2) is 25.0 Å². The molecule has 0 aromatic heterocycles. The summed E-state index contributed by atoms with van der Waals surface area (Å²) in [6, 6.07) is 7.34. The summed E-state index contributed by atoms with van der Waals surface area (Å²) in [6.07, 6.45) is 0. The molecule has 0 saturated heterocycles. The molecule has 1 unspecified atom stereocenters. The van der Waals surface area contributed by atoms with E-state index in [2.05, 4.69) is 10.6 Å². The maximum Gasteiger partial charge on any atom is 0.243 e. The predicted octanol–water partition coefficient (Wildman–Crippen LogP) is 1.61. The minimum absolute atomic E-state index is 0.0359. The van der Waals surface area contributed by atoms with Gasteiger partial charge >= 0.3 is 0 Å². The van der Waals surface area contributed by atoms with Crippen molar-refractivity contribution in [1.82, 2.24) is 10.6 Å². The standard InChI is InChI=1S/C16H24N2O3/c1-11(2)15(18-12(3)19)16(20)17-9-13-6-5-7-14(8-13)10-21-4/h5-8,11,15H,9-10H2,1-4H3,(H,17,20)(H,18,19). The van der Waals surface area contributed by atoms with Crippen molar-refractivity contribution < 1.29 is 14.3 Å². The van der Waals surface area contributed by atoms with Crippen molar-refractivity contribution in [2.75, 3.05) is 7.11 Å². The minimum Gasteiger partial charge on any atom is -0.380 e. The van der Waals surface area contributed by atoms with Gasteiger partial charge in [-0.25, -0.2) is 0 Å². The Morgan fingerprint density at radius 1 is 1.24 bits per heavy atom. The Balaban J connectivity index is 2.62. The second-order valence-electron chi connectivity index (χ2n) is 5.39. The first kappa shape index (κ1) is 17.2. The first-order valence-corrected chi connectivity index (χ1v) is 7.05. The summed E-state index contributed by atoms with van der Waals surface area (Å²) in [5.74, 6) is -0.336. The van der Waals surface area contributed by atoms with Gasteiger partial charge in [-0.3, -0.25) is 9.59 Å². The maximum atomic E-state index is 12.2. The lowest BCUT2D eigenvalue weighted by Crippen LogP contribution is -2.48. The molecule has 1 aromatic carbocycles. The van der Waals surface area contributed by atoms with Gasteiger partial charge in [-0.05, 0) is 17.0 Å². The summed E-state index contributed by atoms with van der Waals surface area (Å²) in [5.41, 5.74) is 2.06. The lowest BCUT2D eigenvalue weighted by molar-refractivity contribution is -0.129. The van der Waals surface area contributed by atoms with Gasteiger partial charge in [-0.1, -0.05) is 38.1 Å². The molecule has 0 bridgehead atoms. The first-order chi connectivity index (χ1) is 9.93. The normalized spacial score (nSPS) is 12.0. The molecule has 1 rings (SSSR count). The summed E-state index contributed by atoms with van der Waals surface area (Å²) in [5, 5.41) is 5.54. The second kappa shape index (κ2) is 8.42. The summed E-state index contributed by atoms with van der Waals surface area (Å²) >= 11 is 0. The molecule has 5 heteroatoms. The largest absolute Gasteiger partial charge is 0.380 e. The molecule has 2 amide bonds. The summed E-state index contributed by atoms with van der Waals surface area (Å²) in [6.45, 7) is 6.19. The van der Waals surface area contributed by atoms with E-state index in [-0.39, 0.29) is 17.7 Å². The van der Waals surface area contributed by atoms with Crippen molar-refractivity contribution in [1.29, 1.82) is 0 Å². The Morgan fingerprint density at radius 2 is 1.90 bits per heavy atom. The Morgan fingerprint density at radius 3 is 2.48 bits per heavy atom. The molecule has 0 aliphatic heterocycles. The van der Waals surface area contributed by atoms with Crippen LogP contribution >= 0.6 is 0 Å². The molecule has 0 fully saturated rings. The molecule has 5 nitrogen and oxygen atoms in total. The monoisotopic (exact) mass is 292 g/mol. The van der Waals surface area contributed by atoms with Gasteiger partial charge in [0.25, 0.3) is 0 Å². The van der Waals surface area contributed by atoms with Crippen molar-refractivity contribution in [3.8, 4) is 0 Å². The summed E-state index contributed by atoms with van der Waals surface area (Å²) in [7, 11) is 1.65. The first-order valence-electron chi connectivity index (χ1n) is 7.05. The molecule has 116 valence electrons. The van der Waals surface area contributed by atoms with Crippen LogP contribution in [0.15, 0.2) is 24.3 Å². The van der Waals surface area contributed by atoms with Crippen LogP contribution in [0.25, 0.3) is 0 Å². The zero-order valence-electron chi connectivity index (χ0n) is 13.1. The van der Waals surface area contributed by atoms with Crippen molar-refractivity contribution in [3.05, 3.63) is 35.4 Å². The fourth-order valence-electron chi connectivity index (χ4n) is 2.05. The molecule has 0 spiro atoms. The maximum absolute atomic E-state index is 12.2. The Kier molecular flexibility index (Phi) is 6.88. The average Bonchev–Trinajstić information content (AvgIpc) is 2.42. The van der Waals surface area contributed by atoms with Crippen molar-refractivity contribution in [2.24, 2.45) is 5.92 Å². The van der Waals surface area contributed by atoms with Gasteiger partial charge < -0.3 is 15.4 Å². The smallest absolute Gasteiger partial charge is 0.243 e. The van der Waals surface area contributed by atoms with Crippen molar-refractivity contribution in [3.63, 3.8) is 0 Å². The van der Waals surface area contributed by atoms with E-state index in [0.717, 1.165) is 11.1 Å². The van der Waals surface area contributed by atoms with Gasteiger partial charge in [0.1, 0.15) is 6.04 Å². The highest BCUT2D eigenvalue weighted by Gasteiger charge is 2.22. The molecule has 0 aliphatic carbocycles. The number of carbonyl (C=O) groups excluding carboxylic acids is 2. The van der Waals surface area contributed by atoms with E-state index >= 15 is 0 Å². The molecular formula is C16H24N2O3. The summed E-state index contributed by atoms with van der Waals surface area (Å²) < 4.78 is 5.09. The van der Waals surface area contributed by atoms with Gasteiger partial charge in [-0.15, -0.1) is 0 Å². The summed E-state index contributed by atoms with van der Waals surface area (Å²) in [4.78, 5) is 23.3. The molecule has 0 aliphatic rings. The van der Waals surface area contributed by atoms with Crippen LogP contribution in [-0.2, 0) is 27.5 Å². The number of carbonyl (C=O) groups is 2. The lowest BCUT2D eigenvalue weighted by Gasteiger charge is -2.21. The highest BCUT2D eigenvalue weighted by atomic mass is 16.5. The van der Waals surface area contributed by atoms with Gasteiger partial charge in [0.05, 0.1) is 6.61 Å². The van der Waals surface area contributed by atoms with E-state index in [4.69, 9.17) is 4.74 Å². The highest BCUT2D eigenvalue weighted by molar-refractivity contribution is 5.86. The SMILES string of the molecule is COCc1cccc(CNC(=O)C(NC(C)=O)C(C)C)c1. The molecule has 1 atom stereocenters. The molecule has 0 radical (unpaired) electrons. The van der Waals surface area contributed by atoms with E-state index in [1.807, 2.05) is 38.1 Å². The number of ether oxygens (including phenoxy) is 1. The van der Waals surface area contributed by atoms with Gasteiger partial charge in [0, 0.05) is 20.6 Å². The van der Waals surface area contributed by atoms with Crippen molar-refractivity contribution in [2.45, 2.75) is 40.0 Å². The molecule has 2 N–H and O–H groups in total. The van der Waals surface area contributed by atoms with E-state index in [9.17, 15) is 9.59 Å². The van der Waals surface area contributed by atoms with Crippen LogP contribution in [0.5, 0.6) is 0 Å². The Hall–Kier alpha value is -1.88. The average molecular weight is 292 g/mol. The zero-order valence-corrected chi connectivity index (χ0v) is 13.1. The van der Waals surface area contributed by atoms with Crippen LogP contribution in [0.1, 0.15) is 31.9 Å². The van der Waals surface area contributed by atoms with Gasteiger partial charge in [0.15, 0.2) is 0 Å². The highest BCUT2D eigenvalue weighted by Crippen LogP contribution is 2.07. The van der Waals surface area contributed by atoms with E-state index in [1.54, 1.807) is 7.11 Å². The number of nitrogens with one attached hydrogen (secondary N) is 2. The van der Waals surface area contributed by atoms with Crippen LogP contribution < -0.4 is 10.6 Å². The van der Waals surface area contributed by atoms with E-state index in [0.29, 0.717) is 13.2 Å². The quantitative estimate of drug-likeness (QED) is 0.802. The number of benzene rings is 1. The van der Waals surface area contributed by atoms with Crippen LogP contribution in [0.3, 0.4) is 0 Å². The van der Waals surface area contributed by atoms with E-state index < -0.39 is 6.04 Å². The van der Waals surface area contributed by atoms with Crippen LogP contribution in [0, 0.1) is 5.92 Å². The van der Waals surface area contributed by atoms with Crippen LogP contribution in [0.2, 0.25) is 0 Å². The fourth-order valence-corrected chi connectivity index (χ4v) is 2.05. The van der Waals surface area contributed by atoms with Crippen LogP contribution in [0.4, 0.5) is 0 Å².